The van der Waals surface area contributed by atoms with E-state index in [9.17, 15) is 4.79 Å². The van der Waals surface area contributed by atoms with Crippen LogP contribution in [0.1, 0.15) is 54.4 Å². The largest absolute Gasteiger partial charge is 0.350 e. The highest BCUT2D eigenvalue weighted by molar-refractivity contribution is 5.96. The van der Waals surface area contributed by atoms with Gasteiger partial charge < -0.3 is 15.5 Å². The van der Waals surface area contributed by atoms with Crippen LogP contribution in [0, 0.1) is 6.92 Å². The molecule has 0 aliphatic heterocycles. The summed E-state index contributed by atoms with van der Waals surface area (Å²) in [5, 5.41) is 7.67. The normalized spacial score (nSPS) is 20.7. The molecule has 1 aromatic heterocycles. The van der Waals surface area contributed by atoms with Gasteiger partial charge in [0.25, 0.3) is 5.91 Å². The molecule has 0 saturated heterocycles. The average Bonchev–Trinajstić information content (AvgIpc) is 3.63. The molecule has 2 aromatic carbocycles. The molecular formula is C27H33N5O. The number of rotatable bonds is 6. The molecule has 1 amide bonds. The summed E-state index contributed by atoms with van der Waals surface area (Å²) in [5.74, 6) is 0.709. The van der Waals surface area contributed by atoms with Crippen LogP contribution in [0.4, 0.5) is 5.95 Å². The zero-order valence-corrected chi connectivity index (χ0v) is 19.8. The van der Waals surface area contributed by atoms with Gasteiger partial charge in [0, 0.05) is 35.3 Å². The maximum Gasteiger partial charge on any atom is 0.251 e. The number of hydrogen-bond acceptors (Lipinski definition) is 5. The molecule has 1 unspecified atom stereocenters. The predicted octanol–water partition coefficient (Wildman–Crippen LogP) is 4.78. The van der Waals surface area contributed by atoms with Gasteiger partial charge in [-0.05, 0) is 87.7 Å². The van der Waals surface area contributed by atoms with Crippen molar-refractivity contribution in [1.82, 2.24) is 20.2 Å². The second kappa shape index (κ2) is 9.10. The number of nitrogens with one attached hydrogen (secondary N) is 2. The third kappa shape index (κ3) is 4.86. The molecule has 2 fully saturated rings. The van der Waals surface area contributed by atoms with E-state index in [1.807, 2.05) is 24.4 Å². The number of amides is 1. The maximum absolute atomic E-state index is 12.5. The van der Waals surface area contributed by atoms with E-state index in [1.165, 1.54) is 19.3 Å². The van der Waals surface area contributed by atoms with Gasteiger partial charge in [-0.3, -0.25) is 4.79 Å². The molecule has 0 bridgehead atoms. The Morgan fingerprint density at radius 3 is 2.64 bits per heavy atom. The lowest BCUT2D eigenvalue weighted by Gasteiger charge is -2.36. The molecule has 33 heavy (non-hydrogen) atoms. The second-order valence-corrected chi connectivity index (χ2v) is 9.81. The molecule has 5 rings (SSSR count). The standard InChI is InChI=1S/C27H33N5O/c1-17-8-9-19(26(33)29-21-11-12-21)15-22(17)18-10-13-23-20(14-18)16-28-27(30-23)31-24-6-4-5-7-25(24)32(2)3/h8-10,13-16,21,24-25H,4-7,11-12H2,1-3H3,(H,29,33)(H,28,30,31)/t24-,25?/m0/s1. The lowest BCUT2D eigenvalue weighted by Crippen LogP contribution is -2.45. The van der Waals surface area contributed by atoms with Crippen LogP contribution in [0.2, 0.25) is 0 Å². The van der Waals surface area contributed by atoms with Crippen LogP contribution in [-0.2, 0) is 0 Å². The molecule has 172 valence electrons. The molecule has 6 nitrogen and oxygen atoms in total. The smallest absolute Gasteiger partial charge is 0.251 e. The zero-order valence-electron chi connectivity index (χ0n) is 19.8. The minimum absolute atomic E-state index is 0.0114. The number of likely N-dealkylation sites (N-methyl/N-ethyl adjacent to an activating group) is 1. The number of anilines is 1. The Morgan fingerprint density at radius 2 is 1.85 bits per heavy atom. The van der Waals surface area contributed by atoms with E-state index in [2.05, 4.69) is 59.7 Å². The summed E-state index contributed by atoms with van der Waals surface area (Å²) in [6, 6.07) is 13.4. The van der Waals surface area contributed by atoms with E-state index in [0.717, 1.165) is 46.9 Å². The molecule has 2 aliphatic rings. The Morgan fingerprint density at radius 1 is 1.03 bits per heavy atom. The minimum Gasteiger partial charge on any atom is -0.350 e. The molecule has 0 radical (unpaired) electrons. The molecule has 3 aromatic rings. The molecule has 0 spiro atoms. The van der Waals surface area contributed by atoms with Crippen LogP contribution < -0.4 is 10.6 Å². The third-order valence-electron chi connectivity index (χ3n) is 7.01. The summed E-state index contributed by atoms with van der Waals surface area (Å²) < 4.78 is 0. The Kier molecular flexibility index (Phi) is 6.02. The Bertz CT molecular complexity index is 1170. The first-order valence-corrected chi connectivity index (χ1v) is 12.1. The Balaban J connectivity index is 1.38. The van der Waals surface area contributed by atoms with Crippen LogP contribution in [0.25, 0.3) is 22.0 Å². The van der Waals surface area contributed by atoms with Crippen molar-refractivity contribution in [2.75, 3.05) is 19.4 Å². The highest BCUT2D eigenvalue weighted by Gasteiger charge is 2.27. The second-order valence-electron chi connectivity index (χ2n) is 9.81. The van der Waals surface area contributed by atoms with Crippen molar-refractivity contribution < 1.29 is 4.79 Å². The molecular weight excluding hydrogens is 410 g/mol. The molecule has 6 heteroatoms. The Hall–Kier alpha value is -2.99. The van der Waals surface area contributed by atoms with E-state index in [0.29, 0.717) is 29.6 Å². The van der Waals surface area contributed by atoms with Crippen LogP contribution in [0.15, 0.2) is 42.6 Å². The van der Waals surface area contributed by atoms with Crippen LogP contribution in [0.3, 0.4) is 0 Å². The van der Waals surface area contributed by atoms with Crippen LogP contribution in [-0.4, -0.2) is 53.0 Å². The van der Waals surface area contributed by atoms with Crippen molar-refractivity contribution in [1.29, 1.82) is 0 Å². The van der Waals surface area contributed by atoms with Gasteiger partial charge in [-0.1, -0.05) is 25.0 Å². The Labute approximate surface area is 195 Å². The number of carbonyl (C=O) groups is 1. The number of carbonyl (C=O) groups excluding carboxylic acids is 1. The number of aryl methyl sites for hydroxylation is 1. The summed E-state index contributed by atoms with van der Waals surface area (Å²) in [5.41, 5.74) is 4.92. The predicted molar refractivity (Wildman–Crippen MR) is 134 cm³/mol. The fourth-order valence-corrected chi connectivity index (χ4v) is 4.90. The SMILES string of the molecule is Cc1ccc(C(=O)NC2CC2)cc1-c1ccc2nc(N[C@H]3CCCCC3N(C)C)ncc2c1. The van der Waals surface area contributed by atoms with Crippen LogP contribution in [0.5, 0.6) is 0 Å². The fraction of sp³-hybridized carbons (Fsp3) is 0.444. The minimum atomic E-state index is 0.0114. The number of benzene rings is 2. The topological polar surface area (TPSA) is 70.2 Å². The lowest BCUT2D eigenvalue weighted by molar-refractivity contribution is 0.0951. The molecule has 2 N–H and O–H groups in total. The van der Waals surface area contributed by atoms with Gasteiger partial charge in [0.15, 0.2) is 0 Å². The number of aromatic nitrogens is 2. The van der Waals surface area contributed by atoms with Crippen molar-refractivity contribution in [3.8, 4) is 11.1 Å². The van der Waals surface area contributed by atoms with Gasteiger partial charge in [-0.15, -0.1) is 0 Å². The number of hydrogen-bond donors (Lipinski definition) is 2. The summed E-state index contributed by atoms with van der Waals surface area (Å²) >= 11 is 0. The molecule has 2 atom stereocenters. The van der Waals surface area contributed by atoms with Crippen molar-refractivity contribution in [3.05, 3.63) is 53.7 Å². The van der Waals surface area contributed by atoms with Crippen molar-refractivity contribution >= 4 is 22.8 Å². The third-order valence-corrected chi connectivity index (χ3v) is 7.01. The van der Waals surface area contributed by atoms with E-state index < -0.39 is 0 Å². The van der Waals surface area contributed by atoms with E-state index in [1.54, 1.807) is 0 Å². The fourth-order valence-electron chi connectivity index (χ4n) is 4.90. The van der Waals surface area contributed by atoms with Gasteiger partial charge in [0.05, 0.1) is 5.52 Å². The highest BCUT2D eigenvalue weighted by atomic mass is 16.1. The summed E-state index contributed by atoms with van der Waals surface area (Å²) in [6.45, 7) is 2.08. The summed E-state index contributed by atoms with van der Waals surface area (Å²) in [4.78, 5) is 24.3. The highest BCUT2D eigenvalue weighted by Crippen LogP contribution is 2.29. The van der Waals surface area contributed by atoms with Crippen LogP contribution >= 0.6 is 0 Å². The molecule has 1 heterocycles. The van der Waals surface area contributed by atoms with Gasteiger partial charge in [-0.25, -0.2) is 9.97 Å². The zero-order chi connectivity index (χ0) is 22.9. The first kappa shape index (κ1) is 21.8. The van der Waals surface area contributed by atoms with Gasteiger partial charge in [0.1, 0.15) is 0 Å². The van der Waals surface area contributed by atoms with E-state index in [-0.39, 0.29) is 5.91 Å². The molecule has 2 saturated carbocycles. The van der Waals surface area contributed by atoms with E-state index in [4.69, 9.17) is 4.98 Å². The van der Waals surface area contributed by atoms with Crippen molar-refractivity contribution in [2.45, 2.75) is 63.6 Å². The summed E-state index contributed by atoms with van der Waals surface area (Å²) in [6.07, 6.45) is 8.96. The lowest BCUT2D eigenvalue weighted by atomic mass is 9.89. The monoisotopic (exact) mass is 443 g/mol. The van der Waals surface area contributed by atoms with Crippen molar-refractivity contribution in [3.63, 3.8) is 0 Å². The van der Waals surface area contributed by atoms with E-state index >= 15 is 0 Å². The van der Waals surface area contributed by atoms with Gasteiger partial charge in [0.2, 0.25) is 5.95 Å². The first-order valence-electron chi connectivity index (χ1n) is 12.1. The van der Waals surface area contributed by atoms with Crippen molar-refractivity contribution in [2.24, 2.45) is 0 Å². The number of fused-ring (bicyclic) bond motifs is 1. The summed E-state index contributed by atoms with van der Waals surface area (Å²) in [7, 11) is 4.31. The quantitative estimate of drug-likeness (QED) is 0.574. The van der Waals surface area contributed by atoms with Gasteiger partial charge >= 0.3 is 0 Å². The number of nitrogens with zero attached hydrogens (tertiary/aromatic N) is 3. The van der Waals surface area contributed by atoms with Gasteiger partial charge in [-0.2, -0.15) is 0 Å². The average molecular weight is 444 g/mol. The first-order chi connectivity index (χ1) is 16.0. The maximum atomic E-state index is 12.5. The molecule has 2 aliphatic carbocycles.